The topological polar surface area (TPSA) is 62.4 Å². The summed E-state index contributed by atoms with van der Waals surface area (Å²) in [5.74, 6) is -0.324. The van der Waals surface area contributed by atoms with Crippen LogP contribution in [0.25, 0.3) is 0 Å². The maximum atomic E-state index is 10.6. The van der Waals surface area contributed by atoms with Crippen molar-refractivity contribution in [2.45, 2.75) is 52.9 Å². The molecule has 0 aliphatic rings. The van der Waals surface area contributed by atoms with Gasteiger partial charge in [-0.15, -0.1) is 0 Å². The van der Waals surface area contributed by atoms with Crippen molar-refractivity contribution in [3.8, 4) is 6.07 Å². The summed E-state index contributed by atoms with van der Waals surface area (Å²) in [6.45, 7) is 5.35. The fourth-order valence-electron chi connectivity index (χ4n) is 1.38. The summed E-state index contributed by atoms with van der Waals surface area (Å²) in [5, 5.41) is 12.7. The van der Waals surface area contributed by atoms with E-state index in [0.717, 1.165) is 37.8 Å². The van der Waals surface area contributed by atoms with E-state index in [1.165, 1.54) is 6.92 Å². The summed E-state index contributed by atoms with van der Waals surface area (Å²) < 4.78 is 0. The van der Waals surface area contributed by atoms with Gasteiger partial charge in [-0.3, -0.25) is 0 Å². The van der Waals surface area contributed by atoms with Gasteiger partial charge in [0.2, 0.25) is 0 Å². The van der Waals surface area contributed by atoms with Crippen molar-refractivity contribution in [2.24, 2.45) is 11.1 Å². The molecule has 0 aromatic heterocycles. The molecule has 0 spiro atoms. The van der Waals surface area contributed by atoms with Crippen LogP contribution in [0.1, 0.15) is 52.9 Å². The number of carbonyl (C=O) groups excluding carboxylic acids is 1. The van der Waals surface area contributed by atoms with Gasteiger partial charge < -0.3 is 4.84 Å². The monoisotopic (exact) mass is 224 g/mol. The fourth-order valence-corrected chi connectivity index (χ4v) is 1.38. The Kier molecular flexibility index (Phi) is 8.14. The molecule has 0 bridgehead atoms. The van der Waals surface area contributed by atoms with Gasteiger partial charge in [-0.25, -0.2) is 4.79 Å². The molecule has 4 nitrogen and oxygen atoms in total. The summed E-state index contributed by atoms with van der Waals surface area (Å²) >= 11 is 0. The van der Waals surface area contributed by atoms with Gasteiger partial charge in [0.1, 0.15) is 0 Å². The molecule has 0 fully saturated rings. The van der Waals surface area contributed by atoms with Gasteiger partial charge in [0.25, 0.3) is 0 Å². The first-order valence-electron chi connectivity index (χ1n) is 5.76. The molecular weight excluding hydrogens is 204 g/mol. The Morgan fingerprint density at radius 2 is 2.12 bits per heavy atom. The Morgan fingerprint density at radius 3 is 2.56 bits per heavy atom. The number of oxime groups is 1. The van der Waals surface area contributed by atoms with Gasteiger partial charge in [-0.2, -0.15) is 5.26 Å². The molecule has 0 heterocycles. The molecule has 0 aromatic rings. The van der Waals surface area contributed by atoms with Crippen molar-refractivity contribution in [1.82, 2.24) is 0 Å². The number of hydrogen-bond donors (Lipinski definition) is 0. The minimum Gasteiger partial charge on any atom is -0.319 e. The van der Waals surface area contributed by atoms with E-state index in [-0.39, 0.29) is 5.92 Å². The number of nitriles is 1. The normalized spacial score (nSPS) is 13.0. The van der Waals surface area contributed by atoms with Crippen LogP contribution in [-0.4, -0.2) is 11.7 Å². The van der Waals surface area contributed by atoms with E-state index >= 15 is 0 Å². The number of nitrogens with zero attached hydrogens (tertiary/aromatic N) is 2. The second-order valence-electron chi connectivity index (χ2n) is 3.75. The number of rotatable bonds is 7. The molecule has 0 rings (SSSR count). The average molecular weight is 224 g/mol. The summed E-state index contributed by atoms with van der Waals surface area (Å²) in [4.78, 5) is 15.2. The summed E-state index contributed by atoms with van der Waals surface area (Å²) in [6, 6.07) is 2.28. The first kappa shape index (κ1) is 14.6. The largest absolute Gasteiger partial charge is 0.331 e. The van der Waals surface area contributed by atoms with E-state index in [9.17, 15) is 4.79 Å². The highest BCUT2D eigenvalue weighted by Gasteiger charge is 2.08. The molecule has 0 N–H and O–H groups in total. The molecule has 0 saturated carbocycles. The highest BCUT2D eigenvalue weighted by atomic mass is 16.7. The summed E-state index contributed by atoms with van der Waals surface area (Å²) in [7, 11) is 0. The molecule has 0 saturated heterocycles. The minimum absolute atomic E-state index is 0.0825. The second-order valence-corrected chi connectivity index (χ2v) is 3.75. The predicted molar refractivity (Wildman–Crippen MR) is 62.7 cm³/mol. The van der Waals surface area contributed by atoms with Gasteiger partial charge in [-0.1, -0.05) is 25.4 Å². The lowest BCUT2D eigenvalue weighted by molar-refractivity contribution is -0.140. The van der Waals surface area contributed by atoms with Gasteiger partial charge in [-0.05, 0) is 25.7 Å². The van der Waals surface area contributed by atoms with Crippen molar-refractivity contribution >= 4 is 11.7 Å². The van der Waals surface area contributed by atoms with E-state index in [1.807, 2.05) is 6.92 Å². The molecule has 0 aromatic carbocycles. The van der Waals surface area contributed by atoms with Crippen LogP contribution in [0.3, 0.4) is 0 Å². The predicted octanol–water partition coefficient (Wildman–Crippen LogP) is 3.04. The number of carbonyl (C=O) groups is 1. The van der Waals surface area contributed by atoms with Crippen LogP contribution >= 0.6 is 0 Å². The smallest absolute Gasteiger partial charge is 0.319 e. The van der Waals surface area contributed by atoms with Crippen LogP contribution in [-0.2, 0) is 9.63 Å². The molecule has 0 aliphatic heterocycles. The molecule has 0 radical (unpaired) electrons. The van der Waals surface area contributed by atoms with E-state index in [2.05, 4.69) is 23.0 Å². The van der Waals surface area contributed by atoms with E-state index in [4.69, 9.17) is 5.26 Å². The van der Waals surface area contributed by atoms with Gasteiger partial charge in [0.05, 0.1) is 11.8 Å². The third-order valence-corrected chi connectivity index (χ3v) is 2.31. The Morgan fingerprint density at radius 1 is 1.44 bits per heavy atom. The van der Waals surface area contributed by atoms with Gasteiger partial charge in [0.15, 0.2) is 0 Å². The maximum absolute atomic E-state index is 10.6. The lowest BCUT2D eigenvalue weighted by Crippen LogP contribution is -2.05. The van der Waals surface area contributed by atoms with Gasteiger partial charge in [0, 0.05) is 12.8 Å². The van der Waals surface area contributed by atoms with E-state index in [1.54, 1.807) is 0 Å². The zero-order chi connectivity index (χ0) is 12.4. The summed E-state index contributed by atoms with van der Waals surface area (Å²) in [5.41, 5.74) is 0.839. The molecule has 1 unspecified atom stereocenters. The fraction of sp³-hybridized carbons (Fsp3) is 0.750. The third kappa shape index (κ3) is 6.99. The molecule has 4 heteroatoms. The molecule has 1 atom stereocenters. The van der Waals surface area contributed by atoms with Crippen molar-refractivity contribution in [2.75, 3.05) is 0 Å². The molecule has 16 heavy (non-hydrogen) atoms. The van der Waals surface area contributed by atoms with Crippen molar-refractivity contribution in [3.63, 3.8) is 0 Å². The van der Waals surface area contributed by atoms with Crippen molar-refractivity contribution in [3.05, 3.63) is 0 Å². The standard InChI is InChI=1S/C12H20N2O2/c1-4-6-11(9-13)7-8-12(5-2)14-16-10(3)15/h11H,4-8H2,1-3H3. The lowest BCUT2D eigenvalue weighted by atomic mass is 9.97. The first-order chi connectivity index (χ1) is 7.63. The summed E-state index contributed by atoms with van der Waals surface area (Å²) in [6.07, 6.45) is 4.19. The average Bonchev–Trinajstić information content (AvgIpc) is 2.27. The number of hydrogen-bond acceptors (Lipinski definition) is 4. The van der Waals surface area contributed by atoms with Crippen LogP contribution in [0.4, 0.5) is 0 Å². The molecular formula is C12H20N2O2. The zero-order valence-corrected chi connectivity index (χ0v) is 10.3. The highest BCUT2D eigenvalue weighted by Crippen LogP contribution is 2.13. The highest BCUT2D eigenvalue weighted by molar-refractivity contribution is 5.84. The van der Waals surface area contributed by atoms with Crippen LogP contribution in [0.5, 0.6) is 0 Å². The minimum atomic E-state index is -0.406. The first-order valence-corrected chi connectivity index (χ1v) is 5.76. The Balaban J connectivity index is 4.08. The third-order valence-electron chi connectivity index (χ3n) is 2.31. The van der Waals surface area contributed by atoms with E-state index < -0.39 is 5.97 Å². The van der Waals surface area contributed by atoms with E-state index in [0.29, 0.717) is 0 Å². The van der Waals surface area contributed by atoms with Crippen molar-refractivity contribution in [1.29, 1.82) is 5.26 Å². The molecule has 90 valence electrons. The quantitative estimate of drug-likeness (QED) is 0.379. The Hall–Kier alpha value is -1.37. The van der Waals surface area contributed by atoms with Gasteiger partial charge >= 0.3 is 5.97 Å². The lowest BCUT2D eigenvalue weighted by Gasteiger charge is -2.07. The second kappa shape index (κ2) is 8.90. The van der Waals surface area contributed by atoms with Crippen LogP contribution < -0.4 is 0 Å². The molecule has 0 aliphatic carbocycles. The maximum Gasteiger partial charge on any atom is 0.331 e. The van der Waals surface area contributed by atoms with Crippen molar-refractivity contribution < 1.29 is 9.63 Å². The van der Waals surface area contributed by atoms with Crippen LogP contribution in [0.15, 0.2) is 5.16 Å². The van der Waals surface area contributed by atoms with Crippen LogP contribution in [0, 0.1) is 17.2 Å². The SMILES string of the molecule is CCCC(C#N)CCC(CC)=NOC(C)=O. The van der Waals surface area contributed by atoms with Crippen LogP contribution in [0.2, 0.25) is 0 Å². The zero-order valence-electron chi connectivity index (χ0n) is 10.3. The Bertz CT molecular complexity index is 279. The Labute approximate surface area is 97.3 Å². The molecule has 0 amide bonds.